The second-order valence-electron chi connectivity index (χ2n) is 9.05. The van der Waals surface area contributed by atoms with Gasteiger partial charge in [0, 0.05) is 11.4 Å². The maximum absolute atomic E-state index is 12.2. The first-order chi connectivity index (χ1) is 21.3. The second kappa shape index (κ2) is 15.8. The molecule has 0 aliphatic carbocycles. The van der Waals surface area contributed by atoms with Crippen LogP contribution >= 0.6 is 11.6 Å². The number of carbonyl (C=O) groups is 6. The van der Waals surface area contributed by atoms with Crippen LogP contribution < -0.4 is 20.9 Å². The van der Waals surface area contributed by atoms with Gasteiger partial charge in [-0.05, 0) is 75.7 Å². The number of halogens is 1. The molecule has 0 saturated heterocycles. The van der Waals surface area contributed by atoms with E-state index in [-0.39, 0.29) is 5.56 Å². The number of hydrogen-bond donors (Lipinski definition) is 3. The number of primary amides is 2. The van der Waals surface area contributed by atoms with Crippen LogP contribution in [0, 0.1) is 13.8 Å². The third-order valence-electron chi connectivity index (χ3n) is 6.22. The molecule has 0 saturated carbocycles. The maximum Gasteiger partial charge on any atom is 0.289 e. The summed E-state index contributed by atoms with van der Waals surface area (Å²) in [6, 6.07) is 10.5. The summed E-state index contributed by atoms with van der Waals surface area (Å²) >= 11 is 4.71. The SMILES string of the molecule is C=CC(=O)Cl.C=CC(=O)n1c(C)c(C(=O)C(N)=O)c2c(OCC)cccc21.CCOc1cccc2[nH]c(C)c(C(=O)C(N)=O)c12. The fourth-order valence-corrected chi connectivity index (χ4v) is 4.51. The minimum atomic E-state index is -1.08. The van der Waals surface area contributed by atoms with Crippen molar-refractivity contribution in [3.63, 3.8) is 0 Å². The summed E-state index contributed by atoms with van der Waals surface area (Å²) in [5, 5.41) is 0.506. The van der Waals surface area contributed by atoms with E-state index in [1.165, 1.54) is 4.57 Å². The van der Waals surface area contributed by atoms with E-state index in [2.05, 4.69) is 18.1 Å². The molecule has 0 fully saturated rings. The number of allylic oxidation sites excluding steroid dienone is 2. The number of carbonyl (C=O) groups excluding carboxylic acids is 6. The van der Waals surface area contributed by atoms with Gasteiger partial charge in [0.25, 0.3) is 29.3 Å². The lowest BCUT2D eigenvalue weighted by Gasteiger charge is -2.06. The summed E-state index contributed by atoms with van der Waals surface area (Å²) in [6.07, 6.45) is 2.18. The number of rotatable bonds is 10. The normalized spacial score (nSPS) is 10.1. The Morgan fingerprint density at radius 3 is 1.78 bits per heavy atom. The highest BCUT2D eigenvalue weighted by Crippen LogP contribution is 2.34. The van der Waals surface area contributed by atoms with Gasteiger partial charge in [-0.3, -0.25) is 33.3 Å². The molecule has 13 heteroatoms. The Bertz CT molecular complexity index is 1830. The fourth-order valence-electron chi connectivity index (χ4n) is 4.51. The van der Waals surface area contributed by atoms with Crippen LogP contribution in [-0.2, 0) is 14.4 Å². The maximum atomic E-state index is 12.2. The first kappa shape index (κ1) is 35.7. The molecule has 2 aromatic carbocycles. The van der Waals surface area contributed by atoms with Crippen LogP contribution in [0.15, 0.2) is 61.7 Å². The summed E-state index contributed by atoms with van der Waals surface area (Å²) in [5.41, 5.74) is 12.7. The molecule has 2 aromatic heterocycles. The Balaban J connectivity index is 0.000000277. The number of nitrogens with zero attached hydrogens (tertiary/aromatic N) is 1. The van der Waals surface area contributed by atoms with Gasteiger partial charge in [0.1, 0.15) is 11.5 Å². The number of ketones is 2. The van der Waals surface area contributed by atoms with Crippen molar-refractivity contribution in [3.8, 4) is 11.5 Å². The van der Waals surface area contributed by atoms with Crippen molar-refractivity contribution in [2.75, 3.05) is 13.2 Å². The number of hydrogen-bond acceptors (Lipinski definition) is 8. The molecule has 2 amide bonds. The number of aryl methyl sites for hydroxylation is 1. The molecular formula is C32H33ClN4O8. The quantitative estimate of drug-likeness (QED) is 0.0990. The van der Waals surface area contributed by atoms with Crippen molar-refractivity contribution in [2.24, 2.45) is 11.5 Å². The van der Waals surface area contributed by atoms with E-state index in [9.17, 15) is 28.8 Å². The van der Waals surface area contributed by atoms with Crippen LogP contribution in [0.2, 0.25) is 0 Å². The molecule has 0 unspecified atom stereocenters. The molecule has 12 nitrogen and oxygen atoms in total. The lowest BCUT2D eigenvalue weighted by atomic mass is 10.1. The number of aromatic amines is 1. The minimum Gasteiger partial charge on any atom is -0.493 e. The van der Waals surface area contributed by atoms with Crippen molar-refractivity contribution in [3.05, 3.63) is 84.2 Å². The standard InChI is InChI=1S/C16H16N2O4.C13H14N2O3.C3H3ClO/c1-4-12(19)18-9(3)13(15(20)16(17)21)14-10(18)7-6-8-11(14)22-5-2;1-3-18-9-6-4-5-8-11(9)10(7(2)15-8)12(16)13(14)17;1-2-3(4)5/h4,6-8H,1,5H2,2-3H3,(H2,17,21);4-6,15H,3H2,1-2H3,(H2,14,17);2H,1H2. The first-order valence-corrected chi connectivity index (χ1v) is 13.8. The van der Waals surface area contributed by atoms with Crippen LogP contribution in [0.3, 0.4) is 0 Å². The van der Waals surface area contributed by atoms with Crippen LogP contribution in [-0.4, -0.2) is 57.3 Å². The number of aromatic nitrogens is 2. The van der Waals surface area contributed by atoms with Gasteiger partial charge < -0.3 is 25.9 Å². The van der Waals surface area contributed by atoms with Crippen molar-refractivity contribution >= 4 is 67.9 Å². The molecule has 0 aliphatic rings. The van der Waals surface area contributed by atoms with E-state index in [1.807, 2.05) is 19.1 Å². The van der Waals surface area contributed by atoms with Gasteiger partial charge in [0.15, 0.2) is 0 Å². The van der Waals surface area contributed by atoms with Crippen LogP contribution in [0.5, 0.6) is 11.5 Å². The number of benzene rings is 2. The Hall–Kier alpha value is -5.49. The van der Waals surface area contributed by atoms with Crippen molar-refractivity contribution in [1.82, 2.24) is 9.55 Å². The zero-order valence-electron chi connectivity index (χ0n) is 25.2. The molecule has 236 valence electrons. The zero-order chi connectivity index (χ0) is 34.0. The first-order valence-electron chi connectivity index (χ1n) is 13.4. The van der Waals surface area contributed by atoms with E-state index in [1.54, 1.807) is 45.0 Å². The molecule has 0 bridgehead atoms. The molecule has 5 N–H and O–H groups in total. The highest BCUT2D eigenvalue weighted by molar-refractivity contribution is 6.66. The van der Waals surface area contributed by atoms with Gasteiger partial charge in [0.05, 0.1) is 46.1 Å². The highest BCUT2D eigenvalue weighted by Gasteiger charge is 2.27. The topological polar surface area (TPSA) is 194 Å². The Labute approximate surface area is 263 Å². The number of fused-ring (bicyclic) bond motifs is 2. The Kier molecular flexibility index (Phi) is 12.6. The van der Waals surface area contributed by atoms with Gasteiger partial charge in [-0.25, -0.2) is 0 Å². The summed E-state index contributed by atoms with van der Waals surface area (Å²) in [4.78, 5) is 71.1. The van der Waals surface area contributed by atoms with Crippen LogP contribution in [0.1, 0.15) is 50.7 Å². The van der Waals surface area contributed by atoms with Gasteiger partial charge in [-0.2, -0.15) is 0 Å². The highest BCUT2D eigenvalue weighted by atomic mass is 35.5. The third kappa shape index (κ3) is 7.92. The van der Waals surface area contributed by atoms with Crippen LogP contribution in [0.25, 0.3) is 21.8 Å². The second-order valence-corrected chi connectivity index (χ2v) is 9.43. The van der Waals surface area contributed by atoms with Gasteiger partial charge in [-0.1, -0.05) is 25.3 Å². The monoisotopic (exact) mass is 636 g/mol. The van der Waals surface area contributed by atoms with Crippen LogP contribution in [0.4, 0.5) is 0 Å². The lowest BCUT2D eigenvalue weighted by Crippen LogP contribution is -2.24. The largest absolute Gasteiger partial charge is 0.493 e. The van der Waals surface area contributed by atoms with E-state index < -0.39 is 34.5 Å². The minimum absolute atomic E-state index is 0.0850. The summed E-state index contributed by atoms with van der Waals surface area (Å²) in [5.74, 6) is -3.02. The molecule has 0 spiro atoms. The predicted octanol–water partition coefficient (Wildman–Crippen LogP) is 4.32. The average molecular weight is 637 g/mol. The molecule has 0 aliphatic heterocycles. The fraction of sp³-hybridized carbons (Fsp3) is 0.188. The van der Waals surface area contributed by atoms with Crippen molar-refractivity contribution < 1.29 is 38.2 Å². The zero-order valence-corrected chi connectivity index (χ0v) is 25.9. The number of H-pyrrole nitrogens is 1. The lowest BCUT2D eigenvalue weighted by molar-refractivity contribution is -0.114. The average Bonchev–Trinajstić information content (AvgIpc) is 3.50. The molecule has 0 atom stereocenters. The summed E-state index contributed by atoms with van der Waals surface area (Å²) in [7, 11) is 0. The number of nitrogens with one attached hydrogen (secondary N) is 1. The van der Waals surface area contributed by atoms with E-state index in [4.69, 9.17) is 32.5 Å². The molecule has 4 rings (SSSR count). The molecular weight excluding hydrogens is 604 g/mol. The van der Waals surface area contributed by atoms with E-state index >= 15 is 0 Å². The molecule has 2 heterocycles. The van der Waals surface area contributed by atoms with Crippen molar-refractivity contribution in [1.29, 1.82) is 0 Å². The number of Topliss-reactive ketones (excluding diaryl/α,β-unsaturated/α-hetero) is 2. The Morgan fingerprint density at radius 2 is 1.31 bits per heavy atom. The molecule has 0 radical (unpaired) electrons. The van der Waals surface area contributed by atoms with Gasteiger partial charge in [-0.15, -0.1) is 0 Å². The van der Waals surface area contributed by atoms with Gasteiger partial charge >= 0.3 is 0 Å². The number of ether oxygens (including phenoxy) is 2. The number of nitrogens with two attached hydrogens (primary N) is 2. The molecule has 4 aromatic rings. The summed E-state index contributed by atoms with van der Waals surface area (Å²) < 4.78 is 12.3. The third-order valence-corrected chi connectivity index (χ3v) is 6.38. The smallest absolute Gasteiger partial charge is 0.289 e. The van der Waals surface area contributed by atoms with Crippen molar-refractivity contribution in [2.45, 2.75) is 27.7 Å². The summed E-state index contributed by atoms with van der Waals surface area (Å²) in [6.45, 7) is 14.3. The van der Waals surface area contributed by atoms with E-state index in [0.29, 0.717) is 58.0 Å². The Morgan fingerprint density at radius 1 is 0.822 bits per heavy atom. The number of amides is 2. The van der Waals surface area contributed by atoms with E-state index in [0.717, 1.165) is 17.7 Å². The molecule has 45 heavy (non-hydrogen) atoms. The van der Waals surface area contributed by atoms with Gasteiger partial charge in [0.2, 0.25) is 5.24 Å². The predicted molar refractivity (Wildman–Crippen MR) is 171 cm³/mol.